The Labute approximate surface area is 147 Å². The van der Waals surface area contributed by atoms with E-state index in [1.165, 1.54) is 32.8 Å². The minimum atomic E-state index is -0.422. The van der Waals surface area contributed by atoms with E-state index in [1.807, 2.05) is 10.6 Å². The predicted octanol–water partition coefficient (Wildman–Crippen LogP) is 1.18. The smallest absolute Gasteiger partial charge is 0.323 e. The third-order valence-corrected chi connectivity index (χ3v) is 6.45. The first-order valence-corrected chi connectivity index (χ1v) is 9.30. The molecule has 0 spiro atoms. The molecule has 0 aromatic carbocycles. The Morgan fingerprint density at radius 1 is 1.32 bits per heavy atom. The molecule has 1 aliphatic carbocycles. The number of hydrogen-bond acceptors (Lipinski definition) is 5. The van der Waals surface area contributed by atoms with E-state index in [0.717, 1.165) is 12.2 Å². The van der Waals surface area contributed by atoms with Gasteiger partial charge in [-0.15, -0.1) is 0 Å². The molecule has 1 aromatic rings. The number of likely N-dealkylation sites (tertiary alicyclic amines) is 1. The molecule has 0 amide bonds. The average molecular weight is 346 g/mol. The molecule has 0 unspecified atom stereocenters. The van der Waals surface area contributed by atoms with E-state index in [4.69, 9.17) is 4.74 Å². The maximum Gasteiger partial charge on any atom is 0.323 e. The summed E-state index contributed by atoms with van der Waals surface area (Å²) >= 11 is 0. The molecule has 2 aliphatic heterocycles. The van der Waals surface area contributed by atoms with Crippen LogP contribution in [0.2, 0.25) is 0 Å². The largest absolute Gasteiger partial charge is 0.468 e. The second kappa shape index (κ2) is 6.57. The summed E-state index contributed by atoms with van der Waals surface area (Å²) in [7, 11) is 1.41. The van der Waals surface area contributed by atoms with Gasteiger partial charge in [-0.1, -0.05) is 18.9 Å². The molecule has 136 valence electrons. The highest BCUT2D eigenvalue weighted by atomic mass is 16.5. The summed E-state index contributed by atoms with van der Waals surface area (Å²) in [6, 6.07) is 4.95. The van der Waals surface area contributed by atoms with E-state index in [0.29, 0.717) is 12.5 Å². The number of fused-ring (bicyclic) bond motifs is 3. The number of aliphatic hydroxyl groups is 1. The number of methoxy groups -OCH3 is 1. The molecule has 1 saturated carbocycles. The number of nitrogens with zero attached hydrogens (tertiary/aromatic N) is 2. The Morgan fingerprint density at radius 2 is 2.08 bits per heavy atom. The first-order valence-electron chi connectivity index (χ1n) is 9.30. The van der Waals surface area contributed by atoms with Crippen LogP contribution in [0.3, 0.4) is 0 Å². The van der Waals surface area contributed by atoms with E-state index >= 15 is 0 Å². The van der Waals surface area contributed by atoms with Crippen LogP contribution in [-0.4, -0.2) is 46.8 Å². The van der Waals surface area contributed by atoms with Crippen LogP contribution in [0.15, 0.2) is 23.0 Å². The lowest BCUT2D eigenvalue weighted by atomic mass is 9.88. The third kappa shape index (κ3) is 2.62. The highest BCUT2D eigenvalue weighted by Crippen LogP contribution is 2.50. The van der Waals surface area contributed by atoms with Crippen LogP contribution in [-0.2, 0) is 16.1 Å². The topological polar surface area (TPSA) is 71.8 Å². The maximum absolute atomic E-state index is 12.5. The van der Waals surface area contributed by atoms with Gasteiger partial charge in [-0.05, 0) is 24.8 Å². The Bertz CT molecular complexity index is 710. The van der Waals surface area contributed by atoms with Gasteiger partial charge in [-0.25, -0.2) is 0 Å². The molecular formula is C19H26N2O4. The fourth-order valence-electron chi connectivity index (χ4n) is 5.34. The minimum Gasteiger partial charge on any atom is -0.468 e. The zero-order valence-electron chi connectivity index (χ0n) is 14.6. The first kappa shape index (κ1) is 16.8. The van der Waals surface area contributed by atoms with E-state index in [2.05, 4.69) is 4.90 Å². The zero-order chi connectivity index (χ0) is 17.6. The molecule has 1 saturated heterocycles. The van der Waals surface area contributed by atoms with Gasteiger partial charge in [0.1, 0.15) is 6.04 Å². The lowest BCUT2D eigenvalue weighted by molar-refractivity contribution is -0.148. The van der Waals surface area contributed by atoms with Gasteiger partial charge < -0.3 is 14.4 Å². The van der Waals surface area contributed by atoms with Crippen molar-refractivity contribution >= 4 is 5.97 Å². The Kier molecular flexibility index (Phi) is 4.41. The number of carbonyl (C=O) groups is 1. The normalized spacial score (nSPS) is 31.9. The number of aliphatic hydroxyl groups excluding tert-OH is 1. The first-order chi connectivity index (χ1) is 12.2. The number of esters is 1. The summed E-state index contributed by atoms with van der Waals surface area (Å²) in [6.45, 7) is 1.34. The van der Waals surface area contributed by atoms with E-state index < -0.39 is 6.04 Å². The molecule has 0 radical (unpaired) electrons. The van der Waals surface area contributed by atoms with Crippen molar-refractivity contribution in [2.45, 2.75) is 44.3 Å². The molecular weight excluding hydrogens is 320 g/mol. The molecule has 1 N–H and O–H groups in total. The lowest BCUT2D eigenvalue weighted by Crippen LogP contribution is -2.45. The number of aromatic nitrogens is 1. The molecule has 25 heavy (non-hydrogen) atoms. The van der Waals surface area contributed by atoms with Crippen LogP contribution in [0.1, 0.15) is 37.4 Å². The van der Waals surface area contributed by atoms with E-state index in [9.17, 15) is 14.7 Å². The standard InChI is InChI=1S/C19H26N2O4/c1-25-19(24)18-14(11-22)13-10-20-15(7-4-8-16(20)23)17(13)21(18)9-12-5-2-3-6-12/h4,7-8,12-14,17-18,22H,2-3,5-6,9-11H2,1H3/t13-,14-,17+,18-/m0/s1. The van der Waals surface area contributed by atoms with E-state index in [1.54, 1.807) is 12.1 Å². The summed E-state index contributed by atoms with van der Waals surface area (Å²) < 4.78 is 6.89. The van der Waals surface area contributed by atoms with Crippen LogP contribution < -0.4 is 5.56 Å². The highest BCUT2D eigenvalue weighted by molar-refractivity contribution is 5.77. The fourth-order valence-corrected chi connectivity index (χ4v) is 5.34. The molecule has 0 bridgehead atoms. The second-order valence-electron chi connectivity index (χ2n) is 7.67. The van der Waals surface area contributed by atoms with Crippen molar-refractivity contribution in [3.8, 4) is 0 Å². The molecule has 4 atom stereocenters. The van der Waals surface area contributed by atoms with Gasteiger partial charge in [-0.3, -0.25) is 14.5 Å². The number of carbonyl (C=O) groups excluding carboxylic acids is 1. The Hall–Kier alpha value is -1.66. The van der Waals surface area contributed by atoms with Crippen LogP contribution in [0.25, 0.3) is 0 Å². The number of pyridine rings is 1. The zero-order valence-corrected chi connectivity index (χ0v) is 14.6. The molecule has 6 nitrogen and oxygen atoms in total. The second-order valence-corrected chi connectivity index (χ2v) is 7.67. The summed E-state index contributed by atoms with van der Waals surface area (Å²) in [5.41, 5.74) is 0.972. The van der Waals surface area contributed by atoms with Crippen LogP contribution in [0, 0.1) is 17.8 Å². The van der Waals surface area contributed by atoms with Gasteiger partial charge in [0.2, 0.25) is 0 Å². The molecule has 1 aromatic heterocycles. The summed E-state index contributed by atoms with van der Waals surface area (Å²) in [6.07, 6.45) is 4.87. The third-order valence-electron chi connectivity index (χ3n) is 6.45. The minimum absolute atomic E-state index is 0.000903. The molecule has 3 heterocycles. The fraction of sp³-hybridized carbons (Fsp3) is 0.684. The maximum atomic E-state index is 12.5. The van der Waals surface area contributed by atoms with Crippen molar-refractivity contribution in [2.75, 3.05) is 20.3 Å². The molecule has 6 heteroatoms. The predicted molar refractivity (Wildman–Crippen MR) is 92.0 cm³/mol. The van der Waals surface area contributed by atoms with Gasteiger partial charge in [-0.2, -0.15) is 0 Å². The van der Waals surface area contributed by atoms with Crippen molar-refractivity contribution in [3.63, 3.8) is 0 Å². The van der Waals surface area contributed by atoms with Crippen molar-refractivity contribution in [1.82, 2.24) is 9.47 Å². The van der Waals surface area contributed by atoms with E-state index in [-0.39, 0.29) is 36.0 Å². The van der Waals surface area contributed by atoms with Gasteiger partial charge >= 0.3 is 5.97 Å². The monoisotopic (exact) mass is 346 g/mol. The van der Waals surface area contributed by atoms with Gasteiger partial charge in [0.15, 0.2) is 0 Å². The van der Waals surface area contributed by atoms with Crippen molar-refractivity contribution in [1.29, 1.82) is 0 Å². The summed E-state index contributed by atoms with van der Waals surface area (Å²) in [5.74, 6) is 0.190. The van der Waals surface area contributed by atoms with Crippen molar-refractivity contribution in [2.24, 2.45) is 17.8 Å². The average Bonchev–Trinajstić information content (AvgIpc) is 3.31. The van der Waals surface area contributed by atoms with Crippen molar-refractivity contribution in [3.05, 3.63) is 34.2 Å². The molecule has 2 fully saturated rings. The molecule has 3 aliphatic rings. The van der Waals surface area contributed by atoms with Gasteiger partial charge in [0, 0.05) is 43.3 Å². The summed E-state index contributed by atoms with van der Waals surface area (Å²) in [5, 5.41) is 10.0. The summed E-state index contributed by atoms with van der Waals surface area (Å²) in [4.78, 5) is 27.0. The van der Waals surface area contributed by atoms with Gasteiger partial charge in [0.25, 0.3) is 5.56 Å². The Morgan fingerprint density at radius 3 is 2.76 bits per heavy atom. The highest BCUT2D eigenvalue weighted by Gasteiger charge is 2.56. The number of rotatable bonds is 4. The molecule has 4 rings (SSSR count). The van der Waals surface area contributed by atoms with Crippen LogP contribution in [0.4, 0.5) is 0 Å². The number of hydrogen-bond donors (Lipinski definition) is 1. The van der Waals surface area contributed by atoms with Crippen LogP contribution >= 0.6 is 0 Å². The lowest BCUT2D eigenvalue weighted by Gasteiger charge is -2.31. The van der Waals surface area contributed by atoms with Gasteiger partial charge in [0.05, 0.1) is 13.2 Å². The number of ether oxygens (including phenoxy) is 1. The Balaban J connectivity index is 1.74. The van der Waals surface area contributed by atoms with Crippen LogP contribution in [0.5, 0.6) is 0 Å². The van der Waals surface area contributed by atoms with Crippen molar-refractivity contribution < 1.29 is 14.6 Å². The SMILES string of the molecule is COC(=O)[C@@H]1[C@@H](CO)[C@@H]2Cn3c(cccc3=O)[C@@H]2N1CC1CCCC1. The quantitative estimate of drug-likeness (QED) is 0.829.